The fourth-order valence-electron chi connectivity index (χ4n) is 3.37. The first-order valence-electron chi connectivity index (χ1n) is 8.16. The van der Waals surface area contributed by atoms with Crippen molar-refractivity contribution in [2.45, 2.75) is 38.2 Å². The average Bonchev–Trinajstić information content (AvgIpc) is 2.86. The second-order valence-corrected chi connectivity index (χ2v) is 6.51. The second-order valence-electron chi connectivity index (χ2n) is 6.51. The molecular weight excluding hydrogens is 321 g/mol. The van der Waals surface area contributed by atoms with Crippen LogP contribution in [0.5, 0.6) is 0 Å². The number of esters is 1. The molecule has 2 heterocycles. The number of nitrogens with zero attached hydrogens (tertiary/aromatic N) is 2. The Labute approximate surface area is 139 Å². The molecule has 3 rings (SSSR count). The lowest BCUT2D eigenvalue weighted by Crippen LogP contribution is -2.51. The number of rotatable bonds is 3. The molecule has 0 radical (unpaired) electrons. The maximum atomic E-state index is 12.8. The molecule has 0 amide bonds. The molecule has 0 aliphatic carbocycles. The lowest BCUT2D eigenvalue weighted by molar-refractivity contribution is -0.145. The van der Waals surface area contributed by atoms with Gasteiger partial charge in [-0.25, -0.2) is 0 Å². The van der Waals surface area contributed by atoms with E-state index in [1.807, 2.05) is 6.92 Å². The Morgan fingerprint density at radius 2 is 1.92 bits per heavy atom. The summed E-state index contributed by atoms with van der Waals surface area (Å²) in [6.45, 7) is 5.30. The fourth-order valence-corrected chi connectivity index (χ4v) is 3.37. The highest BCUT2D eigenvalue weighted by molar-refractivity contribution is 5.78. The zero-order valence-electron chi connectivity index (χ0n) is 13.6. The van der Waals surface area contributed by atoms with Gasteiger partial charge in [0, 0.05) is 39.1 Å². The maximum Gasteiger partial charge on any atom is 0.416 e. The first kappa shape index (κ1) is 17.2. The van der Waals surface area contributed by atoms with Crippen LogP contribution in [-0.2, 0) is 22.3 Å². The Morgan fingerprint density at radius 3 is 2.50 bits per heavy atom. The van der Waals surface area contributed by atoms with E-state index in [0.29, 0.717) is 18.5 Å². The summed E-state index contributed by atoms with van der Waals surface area (Å²) in [6.07, 6.45) is -3.63. The number of cyclic esters (lactones) is 1. The molecule has 0 N–H and O–H groups in total. The van der Waals surface area contributed by atoms with Crippen molar-refractivity contribution in [3.63, 3.8) is 0 Å². The smallest absolute Gasteiger partial charge is 0.416 e. The zero-order chi connectivity index (χ0) is 17.3. The topological polar surface area (TPSA) is 32.8 Å². The third kappa shape index (κ3) is 3.89. The van der Waals surface area contributed by atoms with E-state index in [2.05, 4.69) is 9.80 Å². The number of hydrogen-bond acceptors (Lipinski definition) is 4. The molecule has 24 heavy (non-hydrogen) atoms. The van der Waals surface area contributed by atoms with Crippen LogP contribution in [0, 0.1) is 0 Å². The van der Waals surface area contributed by atoms with Crippen molar-refractivity contribution in [3.8, 4) is 0 Å². The minimum atomic E-state index is -4.31. The quantitative estimate of drug-likeness (QED) is 0.791. The number of halogens is 3. The van der Waals surface area contributed by atoms with Gasteiger partial charge in [0.1, 0.15) is 12.1 Å². The third-order valence-corrected chi connectivity index (χ3v) is 4.65. The van der Waals surface area contributed by atoms with Crippen LogP contribution in [0.4, 0.5) is 13.2 Å². The van der Waals surface area contributed by atoms with Crippen molar-refractivity contribution in [2.24, 2.45) is 0 Å². The van der Waals surface area contributed by atoms with Crippen LogP contribution in [0.25, 0.3) is 0 Å². The third-order valence-electron chi connectivity index (χ3n) is 4.65. The van der Waals surface area contributed by atoms with E-state index in [0.717, 1.165) is 32.2 Å². The first-order valence-corrected chi connectivity index (χ1v) is 8.16. The summed E-state index contributed by atoms with van der Waals surface area (Å²) in [5, 5.41) is 0. The van der Waals surface area contributed by atoms with Crippen molar-refractivity contribution < 1.29 is 22.7 Å². The standard InChI is InChI=1S/C17H21F3N2O2/c1-12-9-15(16(23)24-12)22-7-5-21(6-8-22)11-13-3-2-4-14(10-13)17(18,19)20/h2-4,10,12,15H,5-9,11H2,1H3. The van der Waals surface area contributed by atoms with E-state index < -0.39 is 11.7 Å². The van der Waals surface area contributed by atoms with Crippen LogP contribution < -0.4 is 0 Å². The molecule has 0 spiro atoms. The average molecular weight is 342 g/mol. The van der Waals surface area contributed by atoms with E-state index in [4.69, 9.17) is 4.74 Å². The van der Waals surface area contributed by atoms with E-state index >= 15 is 0 Å². The van der Waals surface area contributed by atoms with Crippen LogP contribution in [0.3, 0.4) is 0 Å². The molecule has 4 nitrogen and oxygen atoms in total. The molecule has 2 unspecified atom stereocenters. The summed E-state index contributed by atoms with van der Waals surface area (Å²) in [6, 6.07) is 5.30. The monoisotopic (exact) mass is 342 g/mol. The Kier molecular flexibility index (Phi) is 4.83. The van der Waals surface area contributed by atoms with Crippen LogP contribution in [0.15, 0.2) is 24.3 Å². The molecule has 0 bridgehead atoms. The molecule has 2 aliphatic heterocycles. The number of benzene rings is 1. The van der Waals surface area contributed by atoms with Gasteiger partial charge in [0.05, 0.1) is 5.56 Å². The summed E-state index contributed by atoms with van der Waals surface area (Å²) in [7, 11) is 0. The van der Waals surface area contributed by atoms with Crippen LogP contribution in [0.1, 0.15) is 24.5 Å². The van der Waals surface area contributed by atoms with Gasteiger partial charge in [-0.05, 0) is 18.6 Å². The van der Waals surface area contributed by atoms with Gasteiger partial charge in [0.25, 0.3) is 0 Å². The lowest BCUT2D eigenvalue weighted by atomic mass is 10.1. The predicted molar refractivity (Wildman–Crippen MR) is 82.3 cm³/mol. The van der Waals surface area contributed by atoms with Gasteiger partial charge in [0.15, 0.2) is 0 Å². The number of ether oxygens (including phenoxy) is 1. The second kappa shape index (κ2) is 6.72. The molecular formula is C17H21F3N2O2. The minimum absolute atomic E-state index is 0.0364. The Hall–Kier alpha value is -1.60. The Bertz CT molecular complexity index is 598. The number of carbonyl (C=O) groups is 1. The molecule has 7 heteroatoms. The number of alkyl halides is 3. The lowest BCUT2D eigenvalue weighted by Gasteiger charge is -2.36. The predicted octanol–water partition coefficient (Wildman–Crippen LogP) is 2.53. The van der Waals surface area contributed by atoms with Crippen molar-refractivity contribution in [2.75, 3.05) is 26.2 Å². The SMILES string of the molecule is CC1CC(N2CCN(Cc3cccc(C(F)(F)F)c3)CC2)C(=O)O1. The molecule has 1 aromatic rings. The highest BCUT2D eigenvalue weighted by atomic mass is 19.4. The summed E-state index contributed by atoms with van der Waals surface area (Å²) < 4.78 is 43.5. The van der Waals surface area contributed by atoms with Gasteiger partial charge in [0.2, 0.25) is 0 Å². The Morgan fingerprint density at radius 1 is 1.21 bits per heavy atom. The summed E-state index contributed by atoms with van der Waals surface area (Å²) in [5.74, 6) is -0.158. The molecule has 2 fully saturated rings. The Balaban J connectivity index is 1.55. The van der Waals surface area contributed by atoms with E-state index in [1.165, 1.54) is 12.1 Å². The van der Waals surface area contributed by atoms with Gasteiger partial charge in [-0.2, -0.15) is 13.2 Å². The van der Waals surface area contributed by atoms with Gasteiger partial charge < -0.3 is 4.74 Å². The summed E-state index contributed by atoms with van der Waals surface area (Å²) >= 11 is 0. The summed E-state index contributed by atoms with van der Waals surface area (Å²) in [4.78, 5) is 16.0. The highest BCUT2D eigenvalue weighted by Crippen LogP contribution is 2.30. The van der Waals surface area contributed by atoms with Crippen molar-refractivity contribution in [3.05, 3.63) is 35.4 Å². The van der Waals surface area contributed by atoms with Crippen LogP contribution in [0.2, 0.25) is 0 Å². The van der Waals surface area contributed by atoms with Gasteiger partial charge >= 0.3 is 12.1 Å². The zero-order valence-corrected chi connectivity index (χ0v) is 13.6. The van der Waals surface area contributed by atoms with Crippen molar-refractivity contribution >= 4 is 5.97 Å². The number of piperazine rings is 1. The number of carbonyl (C=O) groups excluding carboxylic acids is 1. The first-order chi connectivity index (χ1) is 11.3. The molecule has 2 aliphatic rings. The minimum Gasteiger partial charge on any atom is -0.461 e. The van der Waals surface area contributed by atoms with Crippen LogP contribution in [-0.4, -0.2) is 54.1 Å². The van der Waals surface area contributed by atoms with Crippen LogP contribution >= 0.6 is 0 Å². The van der Waals surface area contributed by atoms with Gasteiger partial charge in [-0.1, -0.05) is 18.2 Å². The molecule has 132 valence electrons. The highest BCUT2D eigenvalue weighted by Gasteiger charge is 2.37. The maximum absolute atomic E-state index is 12.8. The molecule has 2 atom stereocenters. The normalized spacial score (nSPS) is 26.6. The molecule has 0 saturated carbocycles. The van der Waals surface area contributed by atoms with E-state index in [1.54, 1.807) is 6.07 Å². The van der Waals surface area contributed by atoms with Crippen molar-refractivity contribution in [1.29, 1.82) is 0 Å². The molecule has 0 aromatic heterocycles. The van der Waals surface area contributed by atoms with Crippen molar-refractivity contribution in [1.82, 2.24) is 9.80 Å². The molecule has 2 saturated heterocycles. The van der Waals surface area contributed by atoms with Gasteiger partial charge in [-0.15, -0.1) is 0 Å². The fraction of sp³-hybridized carbons (Fsp3) is 0.588. The van der Waals surface area contributed by atoms with Gasteiger partial charge in [-0.3, -0.25) is 14.6 Å². The summed E-state index contributed by atoms with van der Waals surface area (Å²) in [5.41, 5.74) is 0.0495. The molecule has 1 aromatic carbocycles. The number of hydrogen-bond donors (Lipinski definition) is 0. The van der Waals surface area contributed by atoms with E-state index in [9.17, 15) is 18.0 Å². The largest absolute Gasteiger partial charge is 0.461 e. The van der Waals surface area contributed by atoms with E-state index in [-0.39, 0.29) is 18.1 Å².